The van der Waals surface area contributed by atoms with Crippen LogP contribution in [0.2, 0.25) is 4.34 Å². The molecule has 0 aromatic carbocycles. The lowest BCUT2D eigenvalue weighted by Crippen LogP contribution is -2.37. The van der Waals surface area contributed by atoms with Crippen LogP contribution in [0.1, 0.15) is 5.69 Å². The molecular weight excluding hydrogens is 444 g/mol. The van der Waals surface area contributed by atoms with Crippen molar-refractivity contribution in [1.82, 2.24) is 15.4 Å². The number of guanidine groups is 1. The highest BCUT2D eigenvalue weighted by Gasteiger charge is 2.19. The molecule has 14 heteroatoms. The van der Waals surface area contributed by atoms with Crippen LogP contribution < -0.4 is 26.8 Å². The summed E-state index contributed by atoms with van der Waals surface area (Å²) in [4.78, 5) is 29.5. The Morgan fingerprint density at radius 2 is 2.07 bits per heavy atom. The van der Waals surface area contributed by atoms with E-state index in [-0.39, 0.29) is 35.6 Å². The smallest absolute Gasteiger partial charge is 0.275 e. The molecule has 158 valence electrons. The van der Waals surface area contributed by atoms with Crippen molar-refractivity contribution < 1.29 is 18.0 Å². The number of halogens is 1. The minimum Gasteiger partial charge on any atom is -0.368 e. The summed E-state index contributed by atoms with van der Waals surface area (Å²) in [6.07, 6.45) is 0. The Labute approximate surface area is 175 Å². The molecule has 0 aliphatic rings. The number of hydrogen-bond donors (Lipinski definition) is 5. The molecule has 0 saturated carbocycles. The van der Waals surface area contributed by atoms with Crippen LogP contribution in [0.25, 0.3) is 0 Å². The largest absolute Gasteiger partial charge is 0.368 e. The number of anilines is 1. The standard InChI is InChI=1S/C15H19ClN6O5S2/c1-9-2-3-10(21-29(25,26)13-5-4-11(16)28-13)14(24)22(9)8-12(23)19-6-7-27-20-15(17)18/h2-5,21H,6-8H2,1H3,(H,19,23)(H4,17,18,20). The van der Waals surface area contributed by atoms with Crippen LogP contribution in [-0.4, -0.2) is 38.0 Å². The van der Waals surface area contributed by atoms with Gasteiger partial charge < -0.3 is 15.6 Å². The van der Waals surface area contributed by atoms with Crippen molar-refractivity contribution in [3.8, 4) is 0 Å². The number of pyridine rings is 1. The van der Waals surface area contributed by atoms with Crippen molar-refractivity contribution in [3.63, 3.8) is 0 Å². The monoisotopic (exact) mass is 462 g/mol. The fraction of sp³-hybridized carbons (Fsp3) is 0.267. The number of rotatable bonds is 9. The fourth-order valence-corrected chi connectivity index (χ4v) is 4.69. The highest BCUT2D eigenvalue weighted by Crippen LogP contribution is 2.26. The van der Waals surface area contributed by atoms with E-state index < -0.39 is 21.5 Å². The number of carbonyl (C=O) groups is 1. The second-order valence-corrected chi connectivity index (χ2v) is 9.28. The number of sulfonamides is 1. The molecule has 0 aliphatic carbocycles. The zero-order valence-electron chi connectivity index (χ0n) is 15.2. The first-order chi connectivity index (χ1) is 13.6. The molecule has 2 aromatic heterocycles. The van der Waals surface area contributed by atoms with Gasteiger partial charge in [0.25, 0.3) is 15.6 Å². The van der Waals surface area contributed by atoms with Crippen LogP contribution in [0.5, 0.6) is 0 Å². The van der Waals surface area contributed by atoms with Crippen LogP contribution in [0.3, 0.4) is 0 Å². The molecule has 0 bridgehead atoms. The van der Waals surface area contributed by atoms with Crippen molar-refractivity contribution in [3.05, 3.63) is 44.6 Å². The van der Waals surface area contributed by atoms with E-state index in [1.54, 1.807) is 6.92 Å². The first kappa shape index (κ1) is 22.7. The lowest BCUT2D eigenvalue weighted by atomic mass is 10.3. The van der Waals surface area contributed by atoms with Crippen molar-refractivity contribution in [1.29, 1.82) is 5.41 Å². The van der Waals surface area contributed by atoms with Gasteiger partial charge in [0, 0.05) is 12.2 Å². The molecule has 0 unspecified atom stereocenters. The number of nitrogens with two attached hydrogens (primary N) is 1. The molecule has 0 saturated heterocycles. The number of nitrogens with zero attached hydrogens (tertiary/aromatic N) is 1. The van der Waals surface area contributed by atoms with Crippen LogP contribution in [0, 0.1) is 12.3 Å². The third-order valence-corrected chi connectivity index (χ3v) is 6.55. The van der Waals surface area contributed by atoms with E-state index in [2.05, 4.69) is 15.5 Å². The van der Waals surface area contributed by atoms with Crippen LogP contribution in [0.15, 0.2) is 33.3 Å². The quantitative estimate of drug-likeness (QED) is 0.153. The molecule has 6 N–H and O–H groups in total. The fourth-order valence-electron chi connectivity index (χ4n) is 2.15. The molecule has 29 heavy (non-hydrogen) atoms. The Balaban J connectivity index is 2.07. The predicted octanol–water partition coefficient (Wildman–Crippen LogP) is 0.203. The molecular formula is C15H19ClN6O5S2. The number of hydrogen-bond acceptors (Lipinski definition) is 7. The summed E-state index contributed by atoms with van der Waals surface area (Å²) in [5.74, 6) is -0.853. The Morgan fingerprint density at radius 1 is 1.34 bits per heavy atom. The van der Waals surface area contributed by atoms with Crippen LogP contribution >= 0.6 is 22.9 Å². The lowest BCUT2D eigenvalue weighted by Gasteiger charge is -2.13. The second-order valence-electron chi connectivity index (χ2n) is 5.66. The minimum absolute atomic E-state index is 0.0362. The van der Waals surface area contributed by atoms with Crippen molar-refractivity contribution in [2.45, 2.75) is 17.7 Å². The summed E-state index contributed by atoms with van der Waals surface area (Å²) in [5.41, 5.74) is 6.76. The third kappa shape index (κ3) is 6.45. The number of aryl methyl sites for hydroxylation is 1. The van der Waals surface area contributed by atoms with Gasteiger partial charge in [0.05, 0.1) is 10.9 Å². The van der Waals surface area contributed by atoms with Gasteiger partial charge in [-0.3, -0.25) is 24.6 Å². The third-order valence-electron chi connectivity index (χ3n) is 3.46. The maximum atomic E-state index is 12.7. The van der Waals surface area contributed by atoms with E-state index in [4.69, 9.17) is 27.6 Å². The van der Waals surface area contributed by atoms with Gasteiger partial charge in [0.1, 0.15) is 16.4 Å². The van der Waals surface area contributed by atoms with Crippen molar-refractivity contribution >= 4 is 50.5 Å². The average molecular weight is 463 g/mol. The minimum atomic E-state index is -3.98. The number of amides is 1. The van der Waals surface area contributed by atoms with Crippen LogP contribution in [0.4, 0.5) is 5.69 Å². The molecule has 2 heterocycles. The van der Waals surface area contributed by atoms with Gasteiger partial charge in [-0.2, -0.15) is 0 Å². The molecule has 0 atom stereocenters. The lowest BCUT2D eigenvalue weighted by molar-refractivity contribution is -0.122. The van der Waals surface area contributed by atoms with E-state index in [1.165, 1.54) is 24.3 Å². The summed E-state index contributed by atoms with van der Waals surface area (Å²) in [5, 5.41) is 9.44. The SMILES string of the molecule is Cc1ccc(NS(=O)(=O)c2ccc(Cl)s2)c(=O)n1CC(=O)NCCONC(=N)N. The van der Waals surface area contributed by atoms with Crippen molar-refractivity contribution in [2.24, 2.45) is 5.73 Å². The van der Waals surface area contributed by atoms with Gasteiger partial charge in [0.2, 0.25) is 11.9 Å². The molecule has 0 radical (unpaired) electrons. The summed E-state index contributed by atoms with van der Waals surface area (Å²) < 4.78 is 28.4. The van der Waals surface area contributed by atoms with E-state index >= 15 is 0 Å². The molecule has 0 aliphatic heterocycles. The molecule has 2 aromatic rings. The number of aromatic nitrogens is 1. The maximum Gasteiger partial charge on any atom is 0.275 e. The van der Waals surface area contributed by atoms with Crippen molar-refractivity contribution in [2.75, 3.05) is 17.9 Å². The highest BCUT2D eigenvalue weighted by atomic mass is 35.5. The first-order valence-electron chi connectivity index (χ1n) is 8.07. The number of hydroxylamine groups is 1. The molecule has 0 spiro atoms. The predicted molar refractivity (Wildman–Crippen MR) is 110 cm³/mol. The summed E-state index contributed by atoms with van der Waals surface area (Å²) >= 11 is 6.62. The van der Waals surface area contributed by atoms with Crippen LogP contribution in [-0.2, 0) is 26.2 Å². The summed E-state index contributed by atoms with van der Waals surface area (Å²) in [6, 6.07) is 5.63. The van der Waals surface area contributed by atoms with E-state index in [0.29, 0.717) is 10.0 Å². The average Bonchev–Trinajstić information content (AvgIpc) is 3.08. The molecule has 1 amide bonds. The Morgan fingerprint density at radius 3 is 2.69 bits per heavy atom. The summed E-state index contributed by atoms with van der Waals surface area (Å²) in [6.45, 7) is 1.46. The highest BCUT2D eigenvalue weighted by molar-refractivity contribution is 7.94. The number of thiophene rings is 1. The normalized spacial score (nSPS) is 11.1. The summed E-state index contributed by atoms with van der Waals surface area (Å²) in [7, 11) is -3.98. The van der Waals surface area contributed by atoms with E-state index in [9.17, 15) is 18.0 Å². The molecule has 11 nitrogen and oxygen atoms in total. The zero-order chi connectivity index (χ0) is 21.6. The van der Waals surface area contributed by atoms with E-state index in [0.717, 1.165) is 15.9 Å². The van der Waals surface area contributed by atoms with Gasteiger partial charge >= 0.3 is 0 Å². The Bertz CT molecular complexity index is 1070. The Hall–Kier alpha value is -2.61. The first-order valence-corrected chi connectivity index (χ1v) is 10.7. The Kier molecular flexibility index (Phi) is 7.61. The second kappa shape index (κ2) is 9.73. The molecule has 0 fully saturated rings. The maximum absolute atomic E-state index is 12.7. The number of nitrogens with one attached hydrogen (secondary N) is 4. The van der Waals surface area contributed by atoms with Gasteiger partial charge in [-0.25, -0.2) is 13.9 Å². The topological polar surface area (TPSA) is 168 Å². The number of carbonyl (C=O) groups excluding carboxylic acids is 1. The van der Waals surface area contributed by atoms with Gasteiger partial charge in [-0.15, -0.1) is 11.3 Å². The van der Waals surface area contributed by atoms with Gasteiger partial charge in [0.15, 0.2) is 0 Å². The molecule has 2 rings (SSSR count). The zero-order valence-corrected chi connectivity index (χ0v) is 17.6. The van der Waals surface area contributed by atoms with Gasteiger partial charge in [-0.05, 0) is 31.2 Å². The van der Waals surface area contributed by atoms with Gasteiger partial charge in [-0.1, -0.05) is 11.6 Å². The van der Waals surface area contributed by atoms with E-state index in [1.807, 2.05) is 0 Å².